The minimum Gasteiger partial charge on any atom is -0.355 e. The molecule has 2 nitrogen and oxygen atoms in total. The number of halogens is 1. The van der Waals surface area contributed by atoms with Crippen molar-refractivity contribution in [2.45, 2.75) is 46.0 Å². The maximum atomic E-state index is 12.1. The molecule has 0 radical (unpaired) electrons. The second-order valence-corrected chi connectivity index (χ2v) is 6.11. The maximum Gasteiger partial charge on any atom is 0.226 e. The van der Waals surface area contributed by atoms with Crippen molar-refractivity contribution < 1.29 is 4.79 Å². The van der Waals surface area contributed by atoms with Crippen molar-refractivity contribution in [1.29, 1.82) is 0 Å². The number of nitrogens with one attached hydrogen (secondary N) is 1. The highest BCUT2D eigenvalue weighted by Gasteiger charge is 2.40. The van der Waals surface area contributed by atoms with E-state index >= 15 is 0 Å². The molecule has 0 bridgehead atoms. The molecule has 1 amide bonds. The average Bonchev–Trinajstić information content (AvgIpc) is 2.62. The first kappa shape index (κ1) is 13.3. The van der Waals surface area contributed by atoms with Crippen molar-refractivity contribution in [3.63, 3.8) is 0 Å². The predicted octanol–water partition coefficient (Wildman–Crippen LogP) is 3.14. The van der Waals surface area contributed by atoms with E-state index in [1.807, 2.05) is 0 Å². The van der Waals surface area contributed by atoms with Crippen molar-refractivity contribution >= 4 is 28.5 Å². The Balaban J connectivity index is 2.59. The molecule has 0 aromatic rings. The first-order chi connectivity index (χ1) is 7.10. The van der Waals surface area contributed by atoms with E-state index < -0.39 is 0 Å². The van der Waals surface area contributed by atoms with Gasteiger partial charge in [-0.1, -0.05) is 49.3 Å². The Morgan fingerprint density at radius 3 is 2.47 bits per heavy atom. The lowest BCUT2D eigenvalue weighted by atomic mass is 9.78. The van der Waals surface area contributed by atoms with Crippen LogP contribution in [0, 0.1) is 11.3 Å². The van der Waals surface area contributed by atoms with Crippen LogP contribution in [0.25, 0.3) is 0 Å². The van der Waals surface area contributed by atoms with Gasteiger partial charge in [-0.05, 0) is 25.2 Å². The lowest BCUT2D eigenvalue weighted by molar-refractivity contribution is -0.131. The summed E-state index contributed by atoms with van der Waals surface area (Å²) in [7, 11) is 0. The van der Waals surface area contributed by atoms with Gasteiger partial charge < -0.3 is 5.32 Å². The minimum absolute atomic E-state index is 0.0278. The van der Waals surface area contributed by atoms with E-state index in [2.05, 4.69) is 41.8 Å². The first-order valence-corrected chi connectivity index (χ1v) is 7.47. The van der Waals surface area contributed by atoms with Crippen molar-refractivity contribution in [3.05, 3.63) is 0 Å². The third-order valence-corrected chi connectivity index (χ3v) is 3.76. The molecule has 1 fully saturated rings. The normalized spacial score (nSPS) is 19.5. The number of hydrogen-bond donors (Lipinski definition) is 1. The number of amides is 1. The molecule has 0 heterocycles. The van der Waals surface area contributed by atoms with Gasteiger partial charge in [0, 0.05) is 16.4 Å². The fourth-order valence-corrected chi connectivity index (χ4v) is 2.98. The molecule has 0 aromatic carbocycles. The molecule has 0 atom stereocenters. The van der Waals surface area contributed by atoms with E-state index in [1.165, 1.54) is 12.8 Å². The zero-order valence-electron chi connectivity index (χ0n) is 9.81. The standard InChI is InChI=1S/C12H22INO/c1-10(2)9-12(5-3-4-6-12)11(15)14-8-7-13/h10H,3-9H2,1-2H3,(H,14,15). The molecule has 3 heteroatoms. The van der Waals surface area contributed by atoms with Gasteiger partial charge in [-0.3, -0.25) is 4.79 Å². The molecule has 88 valence electrons. The summed E-state index contributed by atoms with van der Waals surface area (Å²) in [4.78, 5) is 12.1. The molecule has 1 saturated carbocycles. The van der Waals surface area contributed by atoms with E-state index in [0.717, 1.165) is 30.2 Å². The zero-order valence-corrected chi connectivity index (χ0v) is 12.0. The molecule has 1 aliphatic rings. The SMILES string of the molecule is CC(C)CC1(C(=O)NCCI)CCCC1. The zero-order chi connectivity index (χ0) is 11.3. The second-order valence-electron chi connectivity index (χ2n) is 5.03. The molecule has 0 saturated heterocycles. The van der Waals surface area contributed by atoms with Crippen LogP contribution in [0.3, 0.4) is 0 Å². The van der Waals surface area contributed by atoms with Gasteiger partial charge in [-0.25, -0.2) is 0 Å². The maximum absolute atomic E-state index is 12.1. The molecule has 1 rings (SSSR count). The Labute approximate surface area is 107 Å². The van der Waals surface area contributed by atoms with E-state index in [1.54, 1.807) is 0 Å². The Kier molecular flexibility index (Phi) is 5.36. The highest BCUT2D eigenvalue weighted by atomic mass is 127. The highest BCUT2D eigenvalue weighted by Crippen LogP contribution is 2.43. The van der Waals surface area contributed by atoms with Gasteiger partial charge in [0.1, 0.15) is 0 Å². The number of rotatable bonds is 5. The number of carbonyl (C=O) groups is 1. The van der Waals surface area contributed by atoms with Crippen LogP contribution < -0.4 is 5.32 Å². The Morgan fingerprint density at radius 1 is 1.40 bits per heavy atom. The van der Waals surface area contributed by atoms with Crippen LogP contribution in [0.15, 0.2) is 0 Å². The quantitative estimate of drug-likeness (QED) is 0.611. The summed E-state index contributed by atoms with van der Waals surface area (Å²) in [5.41, 5.74) is -0.0278. The third-order valence-electron chi connectivity index (χ3n) is 3.22. The van der Waals surface area contributed by atoms with Crippen LogP contribution in [0.5, 0.6) is 0 Å². The molecule has 0 aromatic heterocycles. The average molecular weight is 323 g/mol. The lowest BCUT2D eigenvalue weighted by Gasteiger charge is -2.29. The smallest absolute Gasteiger partial charge is 0.226 e. The van der Waals surface area contributed by atoms with Gasteiger partial charge in [-0.2, -0.15) is 0 Å². The van der Waals surface area contributed by atoms with Gasteiger partial charge in [0.2, 0.25) is 5.91 Å². The van der Waals surface area contributed by atoms with Gasteiger partial charge in [0.15, 0.2) is 0 Å². The van der Waals surface area contributed by atoms with Gasteiger partial charge in [-0.15, -0.1) is 0 Å². The van der Waals surface area contributed by atoms with E-state index in [9.17, 15) is 4.79 Å². The van der Waals surface area contributed by atoms with Gasteiger partial charge >= 0.3 is 0 Å². The molecule has 1 aliphatic carbocycles. The molecular formula is C12H22INO. The van der Waals surface area contributed by atoms with Gasteiger partial charge in [0.05, 0.1) is 0 Å². The van der Waals surface area contributed by atoms with Crippen molar-refractivity contribution in [2.24, 2.45) is 11.3 Å². The molecule has 0 unspecified atom stereocenters. The van der Waals surface area contributed by atoms with E-state index in [4.69, 9.17) is 0 Å². The van der Waals surface area contributed by atoms with Crippen molar-refractivity contribution in [1.82, 2.24) is 5.32 Å². The molecule has 1 N–H and O–H groups in total. The highest BCUT2D eigenvalue weighted by molar-refractivity contribution is 14.1. The Hall–Kier alpha value is 0.200. The Morgan fingerprint density at radius 2 is 2.00 bits per heavy atom. The molecular weight excluding hydrogens is 301 g/mol. The van der Waals surface area contributed by atoms with Crippen LogP contribution >= 0.6 is 22.6 Å². The van der Waals surface area contributed by atoms with E-state index in [-0.39, 0.29) is 5.41 Å². The van der Waals surface area contributed by atoms with E-state index in [0.29, 0.717) is 11.8 Å². The summed E-state index contributed by atoms with van der Waals surface area (Å²) < 4.78 is 1.00. The number of hydrogen-bond acceptors (Lipinski definition) is 1. The summed E-state index contributed by atoms with van der Waals surface area (Å²) >= 11 is 2.30. The molecule has 0 aliphatic heterocycles. The summed E-state index contributed by atoms with van der Waals surface area (Å²) in [6, 6.07) is 0. The number of carbonyl (C=O) groups excluding carboxylic acids is 1. The first-order valence-electron chi connectivity index (χ1n) is 5.95. The predicted molar refractivity (Wildman–Crippen MR) is 72.3 cm³/mol. The fourth-order valence-electron chi connectivity index (χ4n) is 2.71. The fraction of sp³-hybridized carbons (Fsp3) is 0.917. The van der Waals surface area contributed by atoms with Crippen LogP contribution in [-0.2, 0) is 4.79 Å². The molecule has 15 heavy (non-hydrogen) atoms. The summed E-state index contributed by atoms with van der Waals surface area (Å²) in [6.45, 7) is 5.25. The van der Waals surface area contributed by atoms with Crippen LogP contribution in [0.1, 0.15) is 46.0 Å². The third kappa shape index (κ3) is 3.61. The van der Waals surface area contributed by atoms with Gasteiger partial charge in [0.25, 0.3) is 0 Å². The monoisotopic (exact) mass is 323 g/mol. The minimum atomic E-state index is -0.0278. The van der Waals surface area contributed by atoms with Crippen LogP contribution in [0.4, 0.5) is 0 Å². The molecule has 0 spiro atoms. The van der Waals surface area contributed by atoms with Crippen molar-refractivity contribution in [2.75, 3.05) is 11.0 Å². The Bertz CT molecular complexity index is 210. The van der Waals surface area contributed by atoms with Crippen LogP contribution in [-0.4, -0.2) is 16.9 Å². The lowest BCUT2D eigenvalue weighted by Crippen LogP contribution is -2.40. The largest absolute Gasteiger partial charge is 0.355 e. The topological polar surface area (TPSA) is 29.1 Å². The van der Waals surface area contributed by atoms with Crippen LogP contribution in [0.2, 0.25) is 0 Å². The summed E-state index contributed by atoms with van der Waals surface area (Å²) in [5, 5.41) is 3.07. The summed E-state index contributed by atoms with van der Waals surface area (Å²) in [5.74, 6) is 0.929. The number of alkyl halides is 1. The second kappa shape index (κ2) is 6.06. The van der Waals surface area contributed by atoms with Crippen molar-refractivity contribution in [3.8, 4) is 0 Å². The summed E-state index contributed by atoms with van der Waals surface area (Å²) in [6.07, 6.45) is 5.70.